The van der Waals surface area contributed by atoms with Crippen LogP contribution in [0, 0.1) is 0 Å². The Morgan fingerprint density at radius 1 is 1.20 bits per heavy atom. The zero-order chi connectivity index (χ0) is 15.0. The SMILES string of the molecule is CCOc1ccc(C(=O)NC(CC)CC(=O)OC)cc1. The van der Waals surface area contributed by atoms with Gasteiger partial charge in [-0.05, 0) is 37.6 Å². The number of hydrogen-bond acceptors (Lipinski definition) is 4. The lowest BCUT2D eigenvalue weighted by atomic mass is 10.1. The van der Waals surface area contributed by atoms with Gasteiger partial charge in [-0.25, -0.2) is 0 Å². The van der Waals surface area contributed by atoms with Gasteiger partial charge in [0.15, 0.2) is 0 Å². The highest BCUT2D eigenvalue weighted by Gasteiger charge is 2.16. The number of amides is 1. The molecule has 0 aliphatic carbocycles. The predicted octanol–water partition coefficient (Wildman–Crippen LogP) is 2.16. The summed E-state index contributed by atoms with van der Waals surface area (Å²) in [6.45, 7) is 4.40. The highest BCUT2D eigenvalue weighted by atomic mass is 16.5. The van der Waals surface area contributed by atoms with Gasteiger partial charge in [-0.2, -0.15) is 0 Å². The summed E-state index contributed by atoms with van der Waals surface area (Å²) in [6.07, 6.45) is 0.841. The molecule has 1 aromatic rings. The van der Waals surface area contributed by atoms with E-state index in [0.29, 0.717) is 18.6 Å². The normalized spacial score (nSPS) is 11.6. The number of hydrogen-bond donors (Lipinski definition) is 1. The third-order valence-electron chi connectivity index (χ3n) is 2.90. The van der Waals surface area contributed by atoms with Crippen LogP contribution in [0.2, 0.25) is 0 Å². The minimum absolute atomic E-state index is 0.176. The quantitative estimate of drug-likeness (QED) is 0.777. The van der Waals surface area contributed by atoms with Gasteiger partial charge < -0.3 is 14.8 Å². The first kappa shape index (κ1) is 16.0. The van der Waals surface area contributed by atoms with Crippen LogP contribution in [0.25, 0.3) is 0 Å². The third-order valence-corrected chi connectivity index (χ3v) is 2.90. The Labute approximate surface area is 119 Å². The molecule has 1 aromatic carbocycles. The molecule has 1 N–H and O–H groups in total. The van der Waals surface area contributed by atoms with Crippen molar-refractivity contribution in [1.29, 1.82) is 0 Å². The average Bonchev–Trinajstić information content (AvgIpc) is 2.47. The smallest absolute Gasteiger partial charge is 0.307 e. The van der Waals surface area contributed by atoms with Gasteiger partial charge in [0.1, 0.15) is 5.75 Å². The molecule has 0 aliphatic heterocycles. The molecule has 0 aliphatic rings. The van der Waals surface area contributed by atoms with Crippen LogP contribution in [0.4, 0.5) is 0 Å². The minimum atomic E-state index is -0.330. The second-order valence-corrected chi connectivity index (χ2v) is 4.32. The fraction of sp³-hybridized carbons (Fsp3) is 0.467. The van der Waals surface area contributed by atoms with Crippen molar-refractivity contribution >= 4 is 11.9 Å². The van der Waals surface area contributed by atoms with Gasteiger partial charge in [0.2, 0.25) is 0 Å². The van der Waals surface area contributed by atoms with Crippen LogP contribution < -0.4 is 10.1 Å². The first-order valence-electron chi connectivity index (χ1n) is 6.71. The van der Waals surface area contributed by atoms with Gasteiger partial charge in [-0.15, -0.1) is 0 Å². The van der Waals surface area contributed by atoms with Crippen LogP contribution in [0.15, 0.2) is 24.3 Å². The zero-order valence-corrected chi connectivity index (χ0v) is 12.1. The third kappa shape index (κ3) is 4.91. The monoisotopic (exact) mass is 279 g/mol. The molecule has 20 heavy (non-hydrogen) atoms. The van der Waals surface area contributed by atoms with Crippen LogP contribution in [0.5, 0.6) is 5.75 Å². The number of methoxy groups -OCH3 is 1. The molecule has 1 amide bonds. The number of carbonyl (C=O) groups excluding carboxylic acids is 2. The Balaban J connectivity index is 2.62. The summed E-state index contributed by atoms with van der Waals surface area (Å²) in [5.41, 5.74) is 0.539. The molecule has 0 saturated carbocycles. The van der Waals surface area contributed by atoms with E-state index in [1.807, 2.05) is 13.8 Å². The molecule has 0 fully saturated rings. The maximum absolute atomic E-state index is 12.0. The minimum Gasteiger partial charge on any atom is -0.494 e. The average molecular weight is 279 g/mol. The van der Waals surface area contributed by atoms with E-state index < -0.39 is 0 Å². The molecule has 0 saturated heterocycles. The van der Waals surface area contributed by atoms with Gasteiger partial charge >= 0.3 is 5.97 Å². The van der Waals surface area contributed by atoms with Crippen molar-refractivity contribution in [1.82, 2.24) is 5.32 Å². The van der Waals surface area contributed by atoms with Gasteiger partial charge in [0.05, 0.1) is 20.1 Å². The second kappa shape index (κ2) is 8.19. The fourth-order valence-corrected chi connectivity index (χ4v) is 1.72. The van der Waals surface area contributed by atoms with E-state index in [-0.39, 0.29) is 24.3 Å². The molecule has 1 atom stereocenters. The van der Waals surface area contributed by atoms with E-state index in [4.69, 9.17) is 4.74 Å². The van der Waals surface area contributed by atoms with Crippen LogP contribution in [-0.2, 0) is 9.53 Å². The lowest BCUT2D eigenvalue weighted by molar-refractivity contribution is -0.141. The summed E-state index contributed by atoms with van der Waals surface area (Å²) in [5, 5.41) is 2.82. The molecule has 1 unspecified atom stereocenters. The predicted molar refractivity (Wildman–Crippen MR) is 75.8 cm³/mol. The number of nitrogens with one attached hydrogen (secondary N) is 1. The maximum Gasteiger partial charge on any atom is 0.307 e. The molecular formula is C15H21NO4. The van der Waals surface area contributed by atoms with Crippen molar-refractivity contribution in [3.05, 3.63) is 29.8 Å². The van der Waals surface area contributed by atoms with Crippen LogP contribution in [0.3, 0.4) is 0 Å². The van der Waals surface area contributed by atoms with Crippen molar-refractivity contribution in [2.24, 2.45) is 0 Å². The van der Waals surface area contributed by atoms with Crippen molar-refractivity contribution in [2.75, 3.05) is 13.7 Å². The Morgan fingerprint density at radius 3 is 2.35 bits per heavy atom. The van der Waals surface area contributed by atoms with Crippen LogP contribution in [0.1, 0.15) is 37.0 Å². The molecule has 0 radical (unpaired) electrons. The second-order valence-electron chi connectivity index (χ2n) is 4.32. The molecule has 5 heteroatoms. The number of esters is 1. The topological polar surface area (TPSA) is 64.6 Å². The Hall–Kier alpha value is -2.04. The van der Waals surface area contributed by atoms with Gasteiger partial charge in [-0.3, -0.25) is 9.59 Å². The molecule has 1 rings (SSSR count). The van der Waals surface area contributed by atoms with Crippen molar-refractivity contribution in [3.8, 4) is 5.75 Å². The molecule has 110 valence electrons. The summed E-state index contributed by atoms with van der Waals surface area (Å²) >= 11 is 0. The molecule has 0 spiro atoms. The van der Waals surface area contributed by atoms with E-state index in [1.165, 1.54) is 7.11 Å². The summed E-state index contributed by atoms with van der Waals surface area (Å²) in [5.74, 6) is 0.193. The Morgan fingerprint density at radius 2 is 1.85 bits per heavy atom. The first-order valence-corrected chi connectivity index (χ1v) is 6.71. The lowest BCUT2D eigenvalue weighted by Crippen LogP contribution is -2.36. The van der Waals surface area contributed by atoms with E-state index in [0.717, 1.165) is 5.75 Å². The fourth-order valence-electron chi connectivity index (χ4n) is 1.72. The van der Waals surface area contributed by atoms with Gasteiger partial charge in [0, 0.05) is 11.6 Å². The maximum atomic E-state index is 12.0. The Kier molecular flexibility index (Phi) is 6.56. The van der Waals surface area contributed by atoms with Gasteiger partial charge in [0.25, 0.3) is 5.91 Å². The number of benzene rings is 1. The molecule has 0 bridgehead atoms. The number of carbonyl (C=O) groups is 2. The summed E-state index contributed by atoms with van der Waals surface area (Å²) in [6, 6.07) is 6.68. The largest absolute Gasteiger partial charge is 0.494 e. The zero-order valence-electron chi connectivity index (χ0n) is 12.1. The Bertz CT molecular complexity index is 442. The summed E-state index contributed by atoms with van der Waals surface area (Å²) in [7, 11) is 1.34. The lowest BCUT2D eigenvalue weighted by Gasteiger charge is -2.15. The summed E-state index contributed by atoms with van der Waals surface area (Å²) < 4.78 is 9.92. The molecule has 0 heterocycles. The highest BCUT2D eigenvalue weighted by molar-refractivity contribution is 5.94. The van der Waals surface area contributed by atoms with Crippen molar-refractivity contribution < 1.29 is 19.1 Å². The molecular weight excluding hydrogens is 258 g/mol. The van der Waals surface area contributed by atoms with E-state index >= 15 is 0 Å². The standard InChI is InChI=1S/C15H21NO4/c1-4-12(10-14(17)19-3)16-15(18)11-6-8-13(9-7-11)20-5-2/h6-9,12H,4-5,10H2,1-3H3,(H,16,18). The van der Waals surface area contributed by atoms with Crippen molar-refractivity contribution in [2.45, 2.75) is 32.7 Å². The molecule has 0 aromatic heterocycles. The van der Waals surface area contributed by atoms with Gasteiger partial charge in [-0.1, -0.05) is 6.92 Å². The molecule has 5 nitrogen and oxygen atoms in total. The van der Waals surface area contributed by atoms with E-state index in [1.54, 1.807) is 24.3 Å². The van der Waals surface area contributed by atoms with Crippen molar-refractivity contribution in [3.63, 3.8) is 0 Å². The number of ether oxygens (including phenoxy) is 2. The summed E-state index contributed by atoms with van der Waals surface area (Å²) in [4.78, 5) is 23.3. The highest BCUT2D eigenvalue weighted by Crippen LogP contribution is 2.12. The first-order chi connectivity index (χ1) is 9.60. The van der Waals surface area contributed by atoms with E-state index in [2.05, 4.69) is 10.1 Å². The van der Waals surface area contributed by atoms with Crippen LogP contribution >= 0.6 is 0 Å². The number of rotatable bonds is 7. The van der Waals surface area contributed by atoms with Crippen LogP contribution in [-0.4, -0.2) is 31.6 Å². The van der Waals surface area contributed by atoms with E-state index in [9.17, 15) is 9.59 Å².